The van der Waals surface area contributed by atoms with E-state index < -0.39 is 17.8 Å². The Bertz CT molecular complexity index is 996. The van der Waals surface area contributed by atoms with Crippen molar-refractivity contribution in [2.75, 3.05) is 5.32 Å². The molecule has 4 rings (SSSR count). The van der Waals surface area contributed by atoms with Crippen LogP contribution < -0.4 is 5.32 Å². The fraction of sp³-hybridized carbons (Fsp3) is 0.263. The van der Waals surface area contributed by atoms with Crippen LogP contribution in [-0.2, 0) is 11.0 Å². The van der Waals surface area contributed by atoms with Crippen LogP contribution in [0.4, 0.5) is 18.9 Å². The first-order chi connectivity index (χ1) is 13.4. The van der Waals surface area contributed by atoms with E-state index >= 15 is 0 Å². The average Bonchev–Trinajstić information content (AvgIpc) is 3.03. The molecule has 3 aromatic rings. The number of hydrogen-bond donors (Lipinski definition) is 1. The van der Waals surface area contributed by atoms with Crippen molar-refractivity contribution in [3.8, 4) is 0 Å². The van der Waals surface area contributed by atoms with Gasteiger partial charge in [-0.05, 0) is 49.6 Å². The van der Waals surface area contributed by atoms with Gasteiger partial charge in [0.05, 0.1) is 11.6 Å². The summed E-state index contributed by atoms with van der Waals surface area (Å²) in [5.74, 6) is -0.693. The summed E-state index contributed by atoms with van der Waals surface area (Å²) in [6.07, 6.45) is 0.756. The highest BCUT2D eigenvalue weighted by Crippen LogP contribution is 2.32. The number of amides is 1. The minimum atomic E-state index is -4.59. The lowest BCUT2D eigenvalue weighted by Gasteiger charge is -2.25. The number of pyridine rings is 1. The lowest BCUT2D eigenvalue weighted by molar-refractivity contribution is -0.141. The fourth-order valence-electron chi connectivity index (χ4n) is 2.87. The fourth-order valence-corrected chi connectivity index (χ4v) is 2.87. The number of carbonyl (C=O) groups excluding carboxylic acids is 2. The Balaban J connectivity index is 0.00000109. The topological polar surface area (TPSA) is 76.9 Å². The van der Waals surface area contributed by atoms with E-state index in [4.69, 9.17) is 4.79 Å². The number of halogens is 3. The van der Waals surface area contributed by atoms with Crippen LogP contribution in [0.15, 0.2) is 42.6 Å². The summed E-state index contributed by atoms with van der Waals surface area (Å²) >= 11 is 0. The molecule has 1 aliphatic rings. The van der Waals surface area contributed by atoms with Gasteiger partial charge in [-0.3, -0.25) is 9.48 Å². The van der Waals surface area contributed by atoms with E-state index in [0.717, 1.165) is 35.9 Å². The summed E-state index contributed by atoms with van der Waals surface area (Å²) in [5, 5.41) is 7.98. The molecule has 6 nitrogen and oxygen atoms in total. The monoisotopic (exact) mass is 390 g/mol. The first-order valence-electron chi connectivity index (χ1n) is 8.53. The molecule has 1 aliphatic carbocycles. The molecular formula is C19H17F3N4O2. The van der Waals surface area contributed by atoms with E-state index in [1.165, 1.54) is 12.5 Å². The predicted molar refractivity (Wildman–Crippen MR) is 96.9 cm³/mol. The molecule has 0 radical (unpaired) electrons. The number of anilines is 1. The minimum Gasteiger partial charge on any atom is -0.321 e. The summed E-state index contributed by atoms with van der Waals surface area (Å²) in [4.78, 5) is 23.6. The van der Waals surface area contributed by atoms with Gasteiger partial charge < -0.3 is 10.1 Å². The van der Waals surface area contributed by atoms with E-state index in [9.17, 15) is 18.0 Å². The smallest absolute Gasteiger partial charge is 0.321 e. The first-order valence-corrected chi connectivity index (χ1v) is 8.53. The minimum absolute atomic E-state index is 0.287. The Labute approximate surface area is 158 Å². The van der Waals surface area contributed by atoms with Gasteiger partial charge >= 0.3 is 6.18 Å². The molecule has 28 heavy (non-hydrogen) atoms. The number of benzene rings is 1. The Kier molecular flexibility index (Phi) is 5.43. The molecule has 0 bridgehead atoms. The van der Waals surface area contributed by atoms with Crippen molar-refractivity contribution in [3.05, 3.63) is 54.0 Å². The Morgan fingerprint density at radius 2 is 1.93 bits per heavy atom. The van der Waals surface area contributed by atoms with Gasteiger partial charge in [-0.15, -0.1) is 0 Å². The zero-order valence-corrected chi connectivity index (χ0v) is 14.7. The van der Waals surface area contributed by atoms with Crippen LogP contribution in [0.3, 0.4) is 0 Å². The van der Waals surface area contributed by atoms with Crippen LogP contribution in [0.25, 0.3) is 10.9 Å². The molecule has 2 heterocycles. The van der Waals surface area contributed by atoms with Crippen LogP contribution in [0.1, 0.15) is 41.5 Å². The molecule has 2 aromatic heterocycles. The summed E-state index contributed by atoms with van der Waals surface area (Å²) in [6, 6.07) is 8.87. The normalized spacial score (nSPS) is 14.1. The van der Waals surface area contributed by atoms with Gasteiger partial charge in [0, 0.05) is 17.3 Å². The highest BCUT2D eigenvalue weighted by Gasteiger charge is 2.33. The first kappa shape index (κ1) is 19.5. The molecule has 1 saturated carbocycles. The van der Waals surface area contributed by atoms with Crippen molar-refractivity contribution in [2.45, 2.75) is 31.5 Å². The largest absolute Gasteiger partial charge is 0.433 e. The molecule has 0 unspecified atom stereocenters. The molecule has 0 saturated heterocycles. The van der Waals surface area contributed by atoms with Crippen LogP contribution in [-0.4, -0.2) is 27.5 Å². The van der Waals surface area contributed by atoms with Gasteiger partial charge in [-0.2, -0.15) is 18.3 Å². The molecule has 9 heteroatoms. The molecule has 0 spiro atoms. The highest BCUT2D eigenvalue weighted by atomic mass is 19.4. The standard InChI is InChI=1S/C18H15F3N4O.CH2O/c19-18(20,21)16-6-2-5-15(23-16)17(26)22-12-7-8-14-11(9-12)10-25(24-14)13-3-1-4-13;1-2/h2,5-10,13H,1,3-4H2,(H,22,26);1H2. The van der Waals surface area contributed by atoms with Crippen molar-refractivity contribution in [1.29, 1.82) is 0 Å². The highest BCUT2D eigenvalue weighted by molar-refractivity contribution is 6.03. The lowest BCUT2D eigenvalue weighted by atomic mass is 9.93. The van der Waals surface area contributed by atoms with Crippen LogP contribution in [0.2, 0.25) is 0 Å². The third-order valence-corrected chi connectivity index (χ3v) is 4.50. The van der Waals surface area contributed by atoms with Gasteiger partial charge in [0.25, 0.3) is 5.91 Å². The van der Waals surface area contributed by atoms with Gasteiger partial charge in [-0.1, -0.05) is 6.07 Å². The van der Waals surface area contributed by atoms with Crippen molar-refractivity contribution < 1.29 is 22.8 Å². The van der Waals surface area contributed by atoms with Crippen LogP contribution in [0, 0.1) is 0 Å². The van der Waals surface area contributed by atoms with Crippen molar-refractivity contribution in [1.82, 2.24) is 14.8 Å². The molecule has 1 fully saturated rings. The summed E-state index contributed by atoms with van der Waals surface area (Å²) < 4.78 is 40.1. The maximum atomic E-state index is 12.7. The van der Waals surface area contributed by atoms with E-state index in [0.29, 0.717) is 11.7 Å². The van der Waals surface area contributed by atoms with Crippen molar-refractivity contribution >= 4 is 29.3 Å². The molecular weight excluding hydrogens is 373 g/mol. The maximum absolute atomic E-state index is 12.7. The zero-order valence-electron chi connectivity index (χ0n) is 14.7. The molecule has 1 N–H and O–H groups in total. The van der Waals surface area contributed by atoms with Crippen molar-refractivity contribution in [2.24, 2.45) is 0 Å². The molecule has 0 atom stereocenters. The average molecular weight is 390 g/mol. The second-order valence-electron chi connectivity index (χ2n) is 6.33. The number of nitrogens with one attached hydrogen (secondary N) is 1. The lowest BCUT2D eigenvalue weighted by Crippen LogP contribution is -2.17. The number of aromatic nitrogens is 3. The molecule has 0 aliphatic heterocycles. The summed E-state index contributed by atoms with van der Waals surface area (Å²) in [6.45, 7) is 2.00. The van der Waals surface area contributed by atoms with Crippen LogP contribution in [0.5, 0.6) is 0 Å². The van der Waals surface area contributed by atoms with Gasteiger partial charge in [0.15, 0.2) is 0 Å². The quantitative estimate of drug-likeness (QED) is 0.726. The van der Waals surface area contributed by atoms with E-state index in [-0.39, 0.29) is 5.69 Å². The summed E-state index contributed by atoms with van der Waals surface area (Å²) in [7, 11) is 0. The van der Waals surface area contributed by atoms with Crippen molar-refractivity contribution in [3.63, 3.8) is 0 Å². The number of hydrogen-bond acceptors (Lipinski definition) is 4. The Morgan fingerprint density at radius 1 is 1.18 bits per heavy atom. The zero-order chi connectivity index (χ0) is 20.3. The predicted octanol–water partition coefficient (Wildman–Crippen LogP) is 4.24. The van der Waals surface area contributed by atoms with E-state index in [1.54, 1.807) is 18.2 Å². The van der Waals surface area contributed by atoms with Gasteiger partial charge in [0.1, 0.15) is 18.2 Å². The van der Waals surface area contributed by atoms with Gasteiger partial charge in [-0.25, -0.2) is 4.98 Å². The Hall–Kier alpha value is -3.23. The Morgan fingerprint density at radius 3 is 2.57 bits per heavy atom. The summed E-state index contributed by atoms with van der Waals surface area (Å²) in [5.41, 5.74) is -0.0885. The number of rotatable bonds is 3. The molecule has 1 amide bonds. The second-order valence-corrected chi connectivity index (χ2v) is 6.33. The molecule has 146 valence electrons. The number of fused-ring (bicyclic) bond motifs is 1. The molecule has 1 aromatic carbocycles. The van der Waals surface area contributed by atoms with E-state index in [2.05, 4.69) is 15.4 Å². The third-order valence-electron chi connectivity index (χ3n) is 4.50. The third kappa shape index (κ3) is 4.03. The number of carbonyl (C=O) groups is 2. The SMILES string of the molecule is C=O.O=C(Nc1ccc2nn(C3CCC3)cc2c1)c1cccc(C(F)(F)F)n1. The van der Waals surface area contributed by atoms with Gasteiger partial charge in [0.2, 0.25) is 0 Å². The second kappa shape index (κ2) is 7.79. The van der Waals surface area contributed by atoms with E-state index in [1.807, 2.05) is 17.7 Å². The van der Waals surface area contributed by atoms with Crippen LogP contribution >= 0.6 is 0 Å². The number of nitrogens with zero attached hydrogens (tertiary/aromatic N) is 3. The maximum Gasteiger partial charge on any atom is 0.433 e. The number of alkyl halides is 3.